The van der Waals surface area contributed by atoms with Gasteiger partial charge in [-0.15, -0.1) is 0 Å². The third-order valence-electron chi connectivity index (χ3n) is 4.40. The van der Waals surface area contributed by atoms with E-state index in [0.717, 1.165) is 33.2 Å². The summed E-state index contributed by atoms with van der Waals surface area (Å²) in [6.07, 6.45) is 7.52. The number of fused-ring (bicyclic) bond motifs is 2. The molecule has 0 saturated carbocycles. The zero-order valence-corrected chi connectivity index (χ0v) is 13.8. The molecule has 0 spiro atoms. The summed E-state index contributed by atoms with van der Waals surface area (Å²) in [6, 6.07) is 12.3. The Kier molecular flexibility index (Phi) is 3.85. The molecule has 0 aliphatic rings. The highest BCUT2D eigenvalue weighted by Crippen LogP contribution is 2.24. The van der Waals surface area contributed by atoms with Crippen molar-refractivity contribution in [2.75, 3.05) is 25.0 Å². The molecule has 25 heavy (non-hydrogen) atoms. The first-order valence-corrected chi connectivity index (χ1v) is 8.08. The van der Waals surface area contributed by atoms with Gasteiger partial charge in [-0.1, -0.05) is 11.2 Å². The second-order valence-electron chi connectivity index (χ2n) is 5.97. The third-order valence-corrected chi connectivity index (χ3v) is 4.40. The van der Waals surface area contributed by atoms with E-state index >= 15 is 0 Å². The molecule has 0 saturated heterocycles. The van der Waals surface area contributed by atoms with Crippen LogP contribution in [0, 0.1) is 4.91 Å². The van der Waals surface area contributed by atoms with Crippen molar-refractivity contribution in [2.24, 2.45) is 5.18 Å². The molecule has 4 rings (SSSR count). The predicted molar refractivity (Wildman–Crippen MR) is 100 cm³/mol. The van der Waals surface area contributed by atoms with Crippen LogP contribution in [-0.2, 0) is 0 Å². The van der Waals surface area contributed by atoms with Crippen molar-refractivity contribution in [1.82, 2.24) is 14.5 Å². The standard InChI is InChI=1S/C19H17N5O/c1-23(9-7-22-25)17-3-2-15-12-21-19(11-16(15)10-17)24-8-5-14-4-6-20-13-18(14)24/h2-6,8,10-13H,7,9H2,1H3. The van der Waals surface area contributed by atoms with Gasteiger partial charge in [0.25, 0.3) is 0 Å². The second-order valence-corrected chi connectivity index (χ2v) is 5.97. The average molecular weight is 331 g/mol. The molecule has 3 aromatic heterocycles. The first-order chi connectivity index (χ1) is 12.3. The SMILES string of the molecule is CN(CCN=O)c1ccc2cnc(-n3ccc4ccncc43)cc2c1. The normalized spacial score (nSPS) is 11.1. The summed E-state index contributed by atoms with van der Waals surface area (Å²) in [5, 5.41) is 6.23. The summed E-state index contributed by atoms with van der Waals surface area (Å²) in [7, 11) is 1.96. The number of likely N-dealkylation sites (N-methyl/N-ethyl adjacent to an activating group) is 1. The minimum Gasteiger partial charge on any atom is -0.373 e. The Morgan fingerprint density at radius 2 is 2.00 bits per heavy atom. The Bertz CT molecular complexity index is 1060. The number of rotatable bonds is 5. The molecule has 0 radical (unpaired) electrons. The van der Waals surface area contributed by atoms with Crippen LogP contribution in [0.5, 0.6) is 0 Å². The van der Waals surface area contributed by atoms with Gasteiger partial charge in [0.2, 0.25) is 0 Å². The number of aromatic nitrogens is 3. The molecule has 3 heterocycles. The lowest BCUT2D eigenvalue weighted by atomic mass is 10.1. The summed E-state index contributed by atoms with van der Waals surface area (Å²) in [5.74, 6) is 0.852. The van der Waals surface area contributed by atoms with Crippen LogP contribution in [0.15, 0.2) is 66.4 Å². The number of benzene rings is 1. The van der Waals surface area contributed by atoms with Gasteiger partial charge in [-0.25, -0.2) is 4.98 Å². The van der Waals surface area contributed by atoms with Gasteiger partial charge >= 0.3 is 0 Å². The van der Waals surface area contributed by atoms with Crippen LogP contribution in [-0.4, -0.2) is 34.7 Å². The summed E-state index contributed by atoms with van der Waals surface area (Å²) in [6.45, 7) is 0.874. The Labute approximate surface area is 144 Å². The fourth-order valence-corrected chi connectivity index (χ4v) is 2.98. The maximum Gasteiger partial charge on any atom is 0.137 e. The fraction of sp³-hybridized carbons (Fsp3) is 0.158. The third kappa shape index (κ3) is 2.82. The summed E-state index contributed by atoms with van der Waals surface area (Å²) in [4.78, 5) is 21.2. The van der Waals surface area contributed by atoms with Crippen molar-refractivity contribution in [3.8, 4) is 5.82 Å². The van der Waals surface area contributed by atoms with Crippen molar-refractivity contribution >= 4 is 27.4 Å². The lowest BCUT2D eigenvalue weighted by molar-refractivity contribution is 0.882. The molecule has 0 fully saturated rings. The number of anilines is 1. The molecule has 0 bridgehead atoms. The molecular weight excluding hydrogens is 314 g/mol. The maximum atomic E-state index is 10.3. The molecule has 6 nitrogen and oxygen atoms in total. The summed E-state index contributed by atoms with van der Waals surface area (Å²) in [5.41, 5.74) is 2.08. The topological polar surface area (TPSA) is 63.4 Å². The van der Waals surface area contributed by atoms with Gasteiger partial charge in [0, 0.05) is 48.6 Å². The van der Waals surface area contributed by atoms with Gasteiger partial charge in [0.1, 0.15) is 5.82 Å². The van der Waals surface area contributed by atoms with E-state index in [4.69, 9.17) is 0 Å². The van der Waals surface area contributed by atoms with E-state index in [1.54, 1.807) is 6.20 Å². The van der Waals surface area contributed by atoms with Gasteiger partial charge < -0.3 is 4.90 Å². The zero-order chi connectivity index (χ0) is 17.2. The molecule has 0 N–H and O–H groups in total. The van der Waals surface area contributed by atoms with Gasteiger partial charge in [-0.3, -0.25) is 9.55 Å². The monoisotopic (exact) mass is 331 g/mol. The number of pyridine rings is 2. The lowest BCUT2D eigenvalue weighted by Gasteiger charge is -2.18. The maximum absolute atomic E-state index is 10.3. The lowest BCUT2D eigenvalue weighted by Crippen LogP contribution is -2.20. The molecule has 0 amide bonds. The molecule has 4 aromatic rings. The van der Waals surface area contributed by atoms with Crippen molar-refractivity contribution in [3.05, 3.63) is 66.1 Å². The van der Waals surface area contributed by atoms with E-state index in [-0.39, 0.29) is 6.54 Å². The Balaban J connectivity index is 1.77. The molecule has 0 aliphatic heterocycles. The zero-order valence-electron chi connectivity index (χ0n) is 13.8. The van der Waals surface area contributed by atoms with E-state index in [9.17, 15) is 4.91 Å². The van der Waals surface area contributed by atoms with Gasteiger partial charge in [0.15, 0.2) is 0 Å². The van der Waals surface area contributed by atoms with Crippen LogP contribution in [0.4, 0.5) is 5.69 Å². The number of hydrogen-bond acceptors (Lipinski definition) is 5. The Morgan fingerprint density at radius 1 is 1.08 bits per heavy atom. The number of hydrogen-bond donors (Lipinski definition) is 0. The molecular formula is C19H17N5O. The first-order valence-electron chi connectivity index (χ1n) is 8.08. The largest absolute Gasteiger partial charge is 0.373 e. The fourth-order valence-electron chi connectivity index (χ4n) is 2.98. The van der Waals surface area contributed by atoms with E-state index in [0.29, 0.717) is 6.54 Å². The minimum atomic E-state index is 0.276. The highest BCUT2D eigenvalue weighted by atomic mass is 16.3. The van der Waals surface area contributed by atoms with E-state index in [1.165, 1.54) is 0 Å². The molecule has 124 valence electrons. The van der Waals surface area contributed by atoms with Crippen molar-refractivity contribution in [3.63, 3.8) is 0 Å². The first kappa shape index (κ1) is 15.3. The highest BCUT2D eigenvalue weighted by molar-refractivity contribution is 5.87. The number of nitrogens with zero attached hydrogens (tertiary/aromatic N) is 5. The van der Waals surface area contributed by atoms with Crippen molar-refractivity contribution < 1.29 is 0 Å². The molecule has 6 heteroatoms. The van der Waals surface area contributed by atoms with Crippen molar-refractivity contribution in [2.45, 2.75) is 0 Å². The van der Waals surface area contributed by atoms with E-state index in [1.807, 2.05) is 53.3 Å². The van der Waals surface area contributed by atoms with Crippen molar-refractivity contribution in [1.29, 1.82) is 0 Å². The number of nitroso groups, excluding NO2 is 1. The van der Waals surface area contributed by atoms with E-state index in [2.05, 4.69) is 33.3 Å². The van der Waals surface area contributed by atoms with Crippen LogP contribution in [0.2, 0.25) is 0 Å². The quantitative estimate of drug-likeness (QED) is 0.522. The average Bonchev–Trinajstić information content (AvgIpc) is 3.09. The molecule has 0 aliphatic carbocycles. The predicted octanol–water partition coefficient (Wildman–Crippen LogP) is 3.78. The highest BCUT2D eigenvalue weighted by Gasteiger charge is 2.07. The van der Waals surface area contributed by atoms with Crippen LogP contribution in [0.25, 0.3) is 27.5 Å². The summed E-state index contributed by atoms with van der Waals surface area (Å²) < 4.78 is 2.04. The molecule has 0 atom stereocenters. The van der Waals surface area contributed by atoms with Gasteiger partial charge in [-0.05, 0) is 35.7 Å². The molecule has 0 unspecified atom stereocenters. The Hall–Kier alpha value is -3.28. The minimum absolute atomic E-state index is 0.276. The Morgan fingerprint density at radius 3 is 2.88 bits per heavy atom. The van der Waals surface area contributed by atoms with Crippen LogP contribution >= 0.6 is 0 Å². The van der Waals surface area contributed by atoms with Crippen LogP contribution < -0.4 is 4.90 Å². The second kappa shape index (κ2) is 6.32. The van der Waals surface area contributed by atoms with Crippen LogP contribution in [0.3, 0.4) is 0 Å². The summed E-state index contributed by atoms with van der Waals surface area (Å²) >= 11 is 0. The molecule has 1 aromatic carbocycles. The van der Waals surface area contributed by atoms with Gasteiger partial charge in [0.05, 0.1) is 18.3 Å². The van der Waals surface area contributed by atoms with Crippen LogP contribution in [0.1, 0.15) is 0 Å². The van der Waals surface area contributed by atoms with Gasteiger partial charge in [-0.2, -0.15) is 4.91 Å². The smallest absolute Gasteiger partial charge is 0.137 e. The van der Waals surface area contributed by atoms with E-state index < -0.39 is 0 Å².